The van der Waals surface area contributed by atoms with Gasteiger partial charge in [-0.25, -0.2) is 13.1 Å². The first-order valence-corrected chi connectivity index (χ1v) is 7.83. The maximum Gasteiger partial charge on any atom is 0.301 e. The van der Waals surface area contributed by atoms with Crippen molar-refractivity contribution < 1.29 is 18.3 Å². The number of rotatable bonds is 7. The van der Waals surface area contributed by atoms with Crippen LogP contribution in [-0.2, 0) is 10.0 Å². The average Bonchev–Trinajstić information content (AvgIpc) is 2.47. The minimum absolute atomic E-state index is 0.199. The van der Waals surface area contributed by atoms with Gasteiger partial charge in [0, 0.05) is 25.2 Å². The van der Waals surface area contributed by atoms with Crippen molar-refractivity contribution in [3.05, 3.63) is 32.4 Å². The van der Waals surface area contributed by atoms with Crippen LogP contribution in [0.4, 0.5) is 17.1 Å². The molecule has 0 amide bonds. The van der Waals surface area contributed by atoms with Gasteiger partial charge in [-0.1, -0.05) is 0 Å². The minimum Gasteiger partial charge on any atom is -0.361 e. The van der Waals surface area contributed by atoms with Gasteiger partial charge in [0.15, 0.2) is 5.69 Å². The van der Waals surface area contributed by atoms with Gasteiger partial charge in [-0.15, -0.1) is 0 Å². The number of nitrogens with zero attached hydrogens (tertiary/aromatic N) is 3. The second-order valence-corrected chi connectivity index (χ2v) is 6.09. The minimum atomic E-state index is -4.04. The van der Waals surface area contributed by atoms with E-state index in [1.165, 1.54) is 4.90 Å². The van der Waals surface area contributed by atoms with Gasteiger partial charge < -0.3 is 4.90 Å². The molecule has 0 heterocycles. The third-order valence-corrected chi connectivity index (χ3v) is 4.49. The molecule has 0 fully saturated rings. The largest absolute Gasteiger partial charge is 0.361 e. The van der Waals surface area contributed by atoms with Crippen LogP contribution in [0.15, 0.2) is 17.0 Å². The van der Waals surface area contributed by atoms with Crippen LogP contribution in [0, 0.1) is 20.2 Å². The fourth-order valence-electron chi connectivity index (χ4n) is 1.99. The van der Waals surface area contributed by atoms with E-state index >= 15 is 0 Å². The highest BCUT2D eigenvalue weighted by atomic mass is 32.2. The van der Waals surface area contributed by atoms with E-state index in [4.69, 9.17) is 0 Å². The van der Waals surface area contributed by atoms with Crippen LogP contribution in [-0.4, -0.2) is 38.4 Å². The Morgan fingerprint density at radius 2 is 1.50 bits per heavy atom. The van der Waals surface area contributed by atoms with Gasteiger partial charge in [0.2, 0.25) is 10.0 Å². The molecule has 0 aromatic heterocycles. The van der Waals surface area contributed by atoms with E-state index in [-0.39, 0.29) is 5.69 Å². The van der Waals surface area contributed by atoms with Crippen LogP contribution in [0.25, 0.3) is 0 Å². The summed E-state index contributed by atoms with van der Waals surface area (Å²) in [6.45, 7) is 3.98. The average molecular weight is 332 g/mol. The molecule has 1 aromatic rings. The predicted octanol–water partition coefficient (Wildman–Crippen LogP) is 1.26. The number of benzene rings is 1. The summed E-state index contributed by atoms with van der Waals surface area (Å²) >= 11 is 0. The van der Waals surface area contributed by atoms with E-state index in [9.17, 15) is 28.6 Å². The topological polar surface area (TPSA) is 136 Å². The highest BCUT2D eigenvalue weighted by molar-refractivity contribution is 7.89. The van der Waals surface area contributed by atoms with Crippen LogP contribution in [0.1, 0.15) is 13.8 Å². The van der Waals surface area contributed by atoms with Gasteiger partial charge in [0.25, 0.3) is 0 Å². The van der Waals surface area contributed by atoms with E-state index in [1.807, 2.05) is 4.72 Å². The number of hydrogen-bond acceptors (Lipinski definition) is 7. The summed E-state index contributed by atoms with van der Waals surface area (Å²) in [5.41, 5.74) is -1.44. The van der Waals surface area contributed by atoms with E-state index in [0.717, 1.165) is 19.2 Å². The molecule has 0 aliphatic carbocycles. The molecule has 1 N–H and O–H groups in total. The van der Waals surface area contributed by atoms with E-state index in [1.54, 1.807) is 13.8 Å². The van der Waals surface area contributed by atoms with Crippen LogP contribution in [0.3, 0.4) is 0 Å². The molecule has 0 bridgehead atoms. The predicted molar refractivity (Wildman–Crippen MR) is 79.6 cm³/mol. The fraction of sp³-hybridized carbons (Fsp3) is 0.455. The molecule has 22 heavy (non-hydrogen) atoms. The summed E-state index contributed by atoms with van der Waals surface area (Å²) in [6.07, 6.45) is 0. The lowest BCUT2D eigenvalue weighted by Crippen LogP contribution is -2.25. The summed E-state index contributed by atoms with van der Waals surface area (Å²) < 4.78 is 25.6. The summed E-state index contributed by atoms with van der Waals surface area (Å²) in [5.74, 6) is 0. The maximum absolute atomic E-state index is 11.8. The number of anilines is 1. The van der Waals surface area contributed by atoms with Crippen LogP contribution >= 0.6 is 0 Å². The molecule has 0 aliphatic heterocycles. The molecule has 0 atom stereocenters. The van der Waals surface area contributed by atoms with Gasteiger partial charge in [-0.2, -0.15) is 0 Å². The lowest BCUT2D eigenvalue weighted by molar-refractivity contribution is -0.393. The van der Waals surface area contributed by atoms with Gasteiger partial charge >= 0.3 is 11.4 Å². The van der Waals surface area contributed by atoms with Crippen LogP contribution < -0.4 is 9.62 Å². The van der Waals surface area contributed by atoms with Crippen molar-refractivity contribution in [2.24, 2.45) is 0 Å². The van der Waals surface area contributed by atoms with Crippen molar-refractivity contribution in [3.8, 4) is 0 Å². The first-order valence-electron chi connectivity index (χ1n) is 6.34. The Bertz CT molecular complexity index is 664. The molecule has 122 valence electrons. The van der Waals surface area contributed by atoms with E-state index < -0.39 is 36.1 Å². The molecule has 0 saturated heterocycles. The third-order valence-electron chi connectivity index (χ3n) is 3.10. The molecule has 10 nitrogen and oxygen atoms in total. The van der Waals surface area contributed by atoms with Crippen molar-refractivity contribution in [2.75, 3.05) is 25.0 Å². The second-order valence-electron chi connectivity index (χ2n) is 4.20. The van der Waals surface area contributed by atoms with Gasteiger partial charge in [-0.3, -0.25) is 20.2 Å². The summed E-state index contributed by atoms with van der Waals surface area (Å²) in [4.78, 5) is 21.7. The van der Waals surface area contributed by atoms with Crippen molar-refractivity contribution in [3.63, 3.8) is 0 Å². The normalized spacial score (nSPS) is 11.2. The highest BCUT2D eigenvalue weighted by Gasteiger charge is 2.32. The number of hydrogen-bond donors (Lipinski definition) is 1. The van der Waals surface area contributed by atoms with Gasteiger partial charge in [0.1, 0.15) is 0 Å². The first kappa shape index (κ1) is 17.8. The highest BCUT2D eigenvalue weighted by Crippen LogP contribution is 2.39. The smallest absolute Gasteiger partial charge is 0.301 e. The molecule has 11 heteroatoms. The van der Waals surface area contributed by atoms with E-state index in [2.05, 4.69) is 0 Å². The second kappa shape index (κ2) is 6.66. The fourth-order valence-corrected chi connectivity index (χ4v) is 2.76. The number of nitro benzene ring substituents is 2. The lowest BCUT2D eigenvalue weighted by atomic mass is 10.2. The Hall–Kier alpha value is -2.27. The zero-order valence-corrected chi connectivity index (χ0v) is 13.1. The molecule has 1 rings (SSSR count). The standard InChI is InChI=1S/C11H16N4O6S/c1-4-13(5-2)11-9(14(16)17)6-8(22(20,21)12-3)7-10(11)15(18)19/h6-7,12H,4-5H2,1-3H3. The number of sulfonamides is 1. The van der Waals surface area contributed by atoms with Crippen molar-refractivity contribution in [1.82, 2.24) is 4.72 Å². The van der Waals surface area contributed by atoms with Crippen molar-refractivity contribution >= 4 is 27.1 Å². The molecule has 0 saturated carbocycles. The SMILES string of the molecule is CCN(CC)c1c([N+](=O)[O-])cc(S(=O)(=O)NC)cc1[N+](=O)[O-]. The van der Waals surface area contributed by atoms with Gasteiger partial charge in [0.05, 0.1) is 14.7 Å². The van der Waals surface area contributed by atoms with Crippen molar-refractivity contribution in [1.29, 1.82) is 0 Å². The molecule has 0 aliphatic rings. The van der Waals surface area contributed by atoms with Gasteiger partial charge in [-0.05, 0) is 20.9 Å². The Balaban J connectivity index is 3.83. The number of nitrogens with one attached hydrogen (secondary N) is 1. The Morgan fingerprint density at radius 1 is 1.09 bits per heavy atom. The van der Waals surface area contributed by atoms with Crippen LogP contribution in [0.5, 0.6) is 0 Å². The van der Waals surface area contributed by atoms with Crippen LogP contribution in [0.2, 0.25) is 0 Å². The Morgan fingerprint density at radius 3 is 1.77 bits per heavy atom. The third kappa shape index (κ3) is 3.31. The quantitative estimate of drug-likeness (QED) is 0.586. The molecular formula is C11H16N4O6S. The Labute approximate surface area is 127 Å². The zero-order valence-electron chi connectivity index (χ0n) is 12.3. The first-order chi connectivity index (χ1) is 10.2. The monoisotopic (exact) mass is 332 g/mol. The Kier molecular flexibility index (Phi) is 5.38. The number of nitro groups is 2. The molecule has 1 aromatic carbocycles. The lowest BCUT2D eigenvalue weighted by Gasteiger charge is -2.20. The summed E-state index contributed by atoms with van der Waals surface area (Å²) in [6, 6.07) is 1.65. The van der Waals surface area contributed by atoms with E-state index in [0.29, 0.717) is 13.1 Å². The molecule has 0 unspecified atom stereocenters. The maximum atomic E-state index is 11.8. The summed E-state index contributed by atoms with van der Waals surface area (Å²) in [7, 11) is -2.93. The summed E-state index contributed by atoms with van der Waals surface area (Å²) in [5, 5.41) is 22.5. The molecule has 0 spiro atoms. The van der Waals surface area contributed by atoms with Crippen molar-refractivity contribution in [2.45, 2.75) is 18.7 Å². The molecular weight excluding hydrogens is 316 g/mol. The zero-order chi connectivity index (χ0) is 17.1. The molecule has 0 radical (unpaired) electrons.